The number of carbonyl (C=O) groups is 1. The van der Waals surface area contributed by atoms with E-state index in [0.29, 0.717) is 28.8 Å². The molecule has 0 atom stereocenters. The topological polar surface area (TPSA) is 73.3 Å². The van der Waals surface area contributed by atoms with Gasteiger partial charge in [0, 0.05) is 17.1 Å². The van der Waals surface area contributed by atoms with Crippen molar-refractivity contribution in [1.29, 1.82) is 0 Å². The molecule has 1 aromatic heterocycles. The van der Waals surface area contributed by atoms with E-state index in [0.717, 1.165) is 12.0 Å². The number of ether oxygens (including phenoxy) is 1. The molecular formula is C26H23NO4S. The van der Waals surface area contributed by atoms with E-state index >= 15 is 0 Å². The maximum Gasteiger partial charge on any atom is 0.208 e. The Hall–Kier alpha value is -3.51. The summed E-state index contributed by atoms with van der Waals surface area (Å²) in [5.74, 6) is 0.200. The minimum Gasteiger partial charge on any atom is -0.494 e. The number of hydrogen-bond acceptors (Lipinski definition) is 5. The number of nitrogens with zero attached hydrogens (tertiary/aromatic N) is 1. The Bertz CT molecular complexity index is 1380. The molecule has 0 aliphatic heterocycles. The summed E-state index contributed by atoms with van der Waals surface area (Å²) in [5, 5.41) is 0.444. The first-order chi connectivity index (χ1) is 15.5. The van der Waals surface area contributed by atoms with Crippen LogP contribution in [-0.2, 0) is 16.3 Å². The summed E-state index contributed by atoms with van der Waals surface area (Å²) in [4.78, 5) is 17.8. The molecule has 0 amide bonds. The molecule has 3 aromatic carbocycles. The van der Waals surface area contributed by atoms with Gasteiger partial charge in [0.1, 0.15) is 5.75 Å². The highest BCUT2D eigenvalue weighted by atomic mass is 32.2. The molecule has 0 radical (unpaired) electrons. The van der Waals surface area contributed by atoms with Crippen LogP contribution in [0.15, 0.2) is 88.8 Å². The van der Waals surface area contributed by atoms with Crippen molar-refractivity contribution >= 4 is 26.5 Å². The third-order valence-electron chi connectivity index (χ3n) is 5.29. The molecule has 5 nitrogen and oxygen atoms in total. The lowest BCUT2D eigenvalue weighted by molar-refractivity contribution is 0.103. The van der Waals surface area contributed by atoms with Crippen LogP contribution in [0.2, 0.25) is 0 Å². The van der Waals surface area contributed by atoms with Gasteiger partial charge in [0.15, 0.2) is 5.78 Å². The highest BCUT2D eigenvalue weighted by Crippen LogP contribution is 2.33. The van der Waals surface area contributed by atoms with E-state index < -0.39 is 9.84 Å². The molecule has 0 spiro atoms. The van der Waals surface area contributed by atoms with Gasteiger partial charge in [-0.2, -0.15) is 0 Å². The molecule has 32 heavy (non-hydrogen) atoms. The second-order valence-electron chi connectivity index (χ2n) is 7.31. The highest BCUT2D eigenvalue weighted by Gasteiger charge is 2.28. The van der Waals surface area contributed by atoms with E-state index in [1.54, 1.807) is 48.5 Å². The first-order valence-electron chi connectivity index (χ1n) is 10.4. The maximum atomic E-state index is 13.9. The van der Waals surface area contributed by atoms with Crippen LogP contribution in [0.25, 0.3) is 10.9 Å². The number of carbonyl (C=O) groups excluding carboxylic acids is 1. The average Bonchev–Trinajstić information content (AvgIpc) is 2.83. The van der Waals surface area contributed by atoms with Crippen LogP contribution < -0.4 is 4.74 Å². The monoisotopic (exact) mass is 445 g/mol. The van der Waals surface area contributed by atoms with Gasteiger partial charge < -0.3 is 4.74 Å². The van der Waals surface area contributed by atoms with Gasteiger partial charge in [-0.25, -0.2) is 8.42 Å². The largest absolute Gasteiger partial charge is 0.494 e. The van der Waals surface area contributed by atoms with Crippen LogP contribution in [-0.4, -0.2) is 25.8 Å². The van der Waals surface area contributed by atoms with Gasteiger partial charge >= 0.3 is 0 Å². The summed E-state index contributed by atoms with van der Waals surface area (Å²) < 4.78 is 33.1. The predicted molar refractivity (Wildman–Crippen MR) is 124 cm³/mol. The van der Waals surface area contributed by atoms with E-state index in [1.807, 2.05) is 26.0 Å². The van der Waals surface area contributed by atoms with Crippen LogP contribution in [0.1, 0.15) is 35.3 Å². The zero-order valence-electron chi connectivity index (χ0n) is 17.9. The van der Waals surface area contributed by atoms with E-state index in [2.05, 4.69) is 4.98 Å². The van der Waals surface area contributed by atoms with Crippen molar-refractivity contribution in [3.05, 3.63) is 95.7 Å². The van der Waals surface area contributed by atoms with E-state index in [4.69, 9.17) is 4.74 Å². The molecule has 0 unspecified atom stereocenters. The van der Waals surface area contributed by atoms with E-state index in [1.165, 1.54) is 18.3 Å². The predicted octanol–water partition coefficient (Wildman–Crippen LogP) is 5.26. The first kappa shape index (κ1) is 21.7. The smallest absolute Gasteiger partial charge is 0.208 e. The normalized spacial score (nSPS) is 11.4. The zero-order chi connectivity index (χ0) is 22.7. The zero-order valence-corrected chi connectivity index (χ0v) is 18.7. The van der Waals surface area contributed by atoms with Crippen molar-refractivity contribution in [2.45, 2.75) is 30.1 Å². The third kappa shape index (κ3) is 4.01. The van der Waals surface area contributed by atoms with Gasteiger partial charge in [-0.05, 0) is 55.3 Å². The Morgan fingerprint density at radius 1 is 0.938 bits per heavy atom. The number of aryl methyl sites for hydroxylation is 1. The van der Waals surface area contributed by atoms with Crippen molar-refractivity contribution < 1.29 is 17.9 Å². The Morgan fingerprint density at radius 2 is 1.66 bits per heavy atom. The molecule has 0 aliphatic rings. The first-order valence-corrected chi connectivity index (χ1v) is 11.9. The molecule has 4 aromatic rings. The number of pyridine rings is 1. The third-order valence-corrected chi connectivity index (χ3v) is 7.16. The standard InChI is InChI=1S/C26H23NO4S/c1-3-18-10-15-24-22(16-18)26(23(17-27-24)25(28)19-8-6-5-7-9-19)32(29,30)21-13-11-20(12-14-21)31-4-2/h5-17H,3-4H2,1-2H3. The van der Waals surface area contributed by atoms with Gasteiger partial charge in [0.05, 0.1) is 27.5 Å². The molecule has 0 aliphatic carbocycles. The van der Waals surface area contributed by atoms with Crippen LogP contribution in [0.5, 0.6) is 5.75 Å². The van der Waals surface area contributed by atoms with Crippen molar-refractivity contribution in [3.8, 4) is 5.75 Å². The van der Waals surface area contributed by atoms with Crippen molar-refractivity contribution in [3.63, 3.8) is 0 Å². The molecule has 0 bridgehead atoms. The lowest BCUT2D eigenvalue weighted by atomic mass is 10.0. The molecule has 0 N–H and O–H groups in total. The van der Waals surface area contributed by atoms with Crippen molar-refractivity contribution in [2.75, 3.05) is 6.61 Å². The minimum atomic E-state index is -4.02. The maximum absolute atomic E-state index is 13.9. The summed E-state index contributed by atoms with van der Waals surface area (Å²) >= 11 is 0. The molecule has 1 heterocycles. The Balaban J connectivity index is 1.98. The molecule has 0 saturated carbocycles. The summed E-state index contributed by atoms with van der Waals surface area (Å²) in [7, 11) is -4.02. The number of benzene rings is 3. The molecule has 4 rings (SSSR count). The van der Waals surface area contributed by atoms with Crippen LogP contribution in [0.3, 0.4) is 0 Å². The molecular weight excluding hydrogens is 422 g/mol. The molecule has 6 heteroatoms. The number of hydrogen-bond donors (Lipinski definition) is 0. The van der Waals surface area contributed by atoms with Crippen LogP contribution in [0, 0.1) is 0 Å². The lowest BCUT2D eigenvalue weighted by Gasteiger charge is -2.14. The number of fused-ring (bicyclic) bond motifs is 1. The molecule has 0 fully saturated rings. The van der Waals surface area contributed by atoms with E-state index in [-0.39, 0.29) is 21.1 Å². The molecule has 0 saturated heterocycles. The fraction of sp³-hybridized carbons (Fsp3) is 0.154. The van der Waals surface area contributed by atoms with E-state index in [9.17, 15) is 13.2 Å². The van der Waals surface area contributed by atoms with Gasteiger partial charge in [-0.15, -0.1) is 0 Å². The fourth-order valence-electron chi connectivity index (χ4n) is 3.63. The Labute approximate surface area is 187 Å². The van der Waals surface area contributed by atoms with Crippen LogP contribution in [0.4, 0.5) is 0 Å². The lowest BCUT2D eigenvalue weighted by Crippen LogP contribution is -2.13. The van der Waals surface area contributed by atoms with Gasteiger partial charge in [0.2, 0.25) is 9.84 Å². The molecule has 162 valence electrons. The SMILES string of the molecule is CCOc1ccc(S(=O)(=O)c2c(C(=O)c3ccccc3)cnc3ccc(CC)cc23)cc1. The summed E-state index contributed by atoms with van der Waals surface area (Å²) in [6.45, 7) is 4.34. The highest BCUT2D eigenvalue weighted by molar-refractivity contribution is 7.91. The fourth-order valence-corrected chi connectivity index (χ4v) is 5.25. The van der Waals surface area contributed by atoms with Crippen molar-refractivity contribution in [1.82, 2.24) is 4.98 Å². The average molecular weight is 446 g/mol. The number of sulfone groups is 1. The Kier molecular flexibility index (Phi) is 6.06. The summed E-state index contributed by atoms with van der Waals surface area (Å²) in [6.07, 6.45) is 2.10. The number of aromatic nitrogens is 1. The van der Waals surface area contributed by atoms with Crippen LogP contribution >= 0.6 is 0 Å². The summed E-state index contributed by atoms with van der Waals surface area (Å²) in [5.41, 5.74) is 1.96. The second-order valence-corrected chi connectivity index (χ2v) is 9.20. The van der Waals surface area contributed by atoms with Gasteiger partial charge in [-0.3, -0.25) is 9.78 Å². The minimum absolute atomic E-state index is 0.0178. The second kappa shape index (κ2) is 8.93. The van der Waals surface area contributed by atoms with Gasteiger partial charge in [0.25, 0.3) is 0 Å². The van der Waals surface area contributed by atoms with Gasteiger partial charge in [-0.1, -0.05) is 43.3 Å². The number of ketones is 1. The Morgan fingerprint density at radius 3 is 2.31 bits per heavy atom. The number of rotatable bonds is 7. The quantitative estimate of drug-likeness (QED) is 0.363. The summed E-state index contributed by atoms with van der Waals surface area (Å²) in [6, 6.07) is 20.4. The van der Waals surface area contributed by atoms with Crippen molar-refractivity contribution in [2.24, 2.45) is 0 Å².